The second kappa shape index (κ2) is 8.52. The molecule has 0 aliphatic carbocycles. The Morgan fingerprint density at radius 3 is 2.83 bits per heavy atom. The van der Waals surface area contributed by atoms with Crippen molar-refractivity contribution in [2.75, 3.05) is 11.4 Å². The molecule has 4 aromatic heterocycles. The fourth-order valence-corrected chi connectivity index (χ4v) is 4.74. The highest BCUT2D eigenvalue weighted by atomic mass is 19.1. The predicted octanol–water partition coefficient (Wildman–Crippen LogP) is 3.70. The average Bonchev–Trinajstić information content (AvgIpc) is 3.64. The van der Waals surface area contributed by atoms with Crippen molar-refractivity contribution in [3.8, 4) is 16.8 Å². The van der Waals surface area contributed by atoms with E-state index in [1.807, 2.05) is 11.0 Å². The van der Waals surface area contributed by atoms with E-state index in [1.165, 1.54) is 12.3 Å². The first kappa shape index (κ1) is 21.8. The number of aromatic nitrogens is 6. The molecule has 0 saturated carbocycles. The lowest BCUT2D eigenvalue weighted by Gasteiger charge is -2.26. The Kier molecular flexibility index (Phi) is 5.17. The molecule has 5 heterocycles. The number of halogens is 2. The average molecular weight is 486 g/mol. The molecule has 0 radical (unpaired) electrons. The number of pyridine rings is 1. The van der Waals surface area contributed by atoms with Gasteiger partial charge in [-0.15, -0.1) is 0 Å². The van der Waals surface area contributed by atoms with Crippen LogP contribution < -0.4 is 10.6 Å². The second-order valence-corrected chi connectivity index (χ2v) is 8.56. The van der Waals surface area contributed by atoms with Crippen LogP contribution in [0.2, 0.25) is 0 Å². The summed E-state index contributed by atoms with van der Waals surface area (Å²) in [4.78, 5) is 22.6. The zero-order chi connectivity index (χ0) is 24.8. The molecule has 1 atom stereocenters. The van der Waals surface area contributed by atoms with Crippen molar-refractivity contribution in [1.82, 2.24) is 29.4 Å². The number of hydrogen-bond acceptors (Lipinski definition) is 6. The summed E-state index contributed by atoms with van der Waals surface area (Å²) < 4.78 is 31.7. The van der Waals surface area contributed by atoms with Crippen molar-refractivity contribution < 1.29 is 13.6 Å². The fraction of sp³-hybridized carbons (Fsp3) is 0.160. The summed E-state index contributed by atoms with van der Waals surface area (Å²) in [6.45, 7) is 0.664. The first-order chi connectivity index (χ1) is 17.5. The standard InChI is InChI=1S/C25H20F2N8O/c26-16-3-4-20(27)18(10-16)21-2-1-8-33(21)23-6-9-34-25(32-23)22(13-31-34)35-14-15(11-30-35)17-5-7-29-12-19(17)24(28)36/h3-7,9-14,21H,1-2,8H2,(H2,28,36). The van der Waals surface area contributed by atoms with Crippen molar-refractivity contribution in [3.63, 3.8) is 0 Å². The molecule has 1 aliphatic rings. The molecule has 36 heavy (non-hydrogen) atoms. The number of fused-ring (bicyclic) bond motifs is 1. The van der Waals surface area contributed by atoms with Crippen LogP contribution in [0, 0.1) is 11.6 Å². The number of anilines is 1. The minimum Gasteiger partial charge on any atom is -0.366 e. The van der Waals surface area contributed by atoms with E-state index in [-0.39, 0.29) is 6.04 Å². The molecular weight excluding hydrogens is 466 g/mol. The molecular formula is C25H20F2N8O. The summed E-state index contributed by atoms with van der Waals surface area (Å²) in [5.74, 6) is -0.853. The van der Waals surface area contributed by atoms with Crippen LogP contribution in [0.4, 0.5) is 14.6 Å². The third-order valence-electron chi connectivity index (χ3n) is 6.43. The summed E-state index contributed by atoms with van der Waals surface area (Å²) in [7, 11) is 0. The van der Waals surface area contributed by atoms with Crippen LogP contribution in [-0.2, 0) is 0 Å². The third-order valence-corrected chi connectivity index (χ3v) is 6.43. The van der Waals surface area contributed by atoms with E-state index in [9.17, 15) is 13.6 Å². The van der Waals surface area contributed by atoms with Crippen molar-refractivity contribution in [1.29, 1.82) is 0 Å². The molecule has 5 aromatic rings. The molecule has 1 fully saturated rings. The number of carbonyl (C=O) groups is 1. The van der Waals surface area contributed by atoms with Gasteiger partial charge in [-0.05, 0) is 43.2 Å². The summed E-state index contributed by atoms with van der Waals surface area (Å²) in [5, 5.41) is 8.82. The second-order valence-electron chi connectivity index (χ2n) is 8.56. The zero-order valence-corrected chi connectivity index (χ0v) is 18.9. The van der Waals surface area contributed by atoms with Gasteiger partial charge in [0.25, 0.3) is 5.91 Å². The molecule has 2 N–H and O–H groups in total. The molecule has 11 heteroatoms. The van der Waals surface area contributed by atoms with Crippen LogP contribution in [0.25, 0.3) is 22.5 Å². The molecule has 1 aromatic carbocycles. The van der Waals surface area contributed by atoms with E-state index in [0.717, 1.165) is 18.6 Å². The maximum atomic E-state index is 14.5. The van der Waals surface area contributed by atoms with Gasteiger partial charge in [0, 0.05) is 48.0 Å². The van der Waals surface area contributed by atoms with Gasteiger partial charge in [-0.3, -0.25) is 9.78 Å². The predicted molar refractivity (Wildman–Crippen MR) is 128 cm³/mol. The van der Waals surface area contributed by atoms with Gasteiger partial charge in [0.05, 0.1) is 24.0 Å². The van der Waals surface area contributed by atoms with Crippen LogP contribution in [0.15, 0.2) is 67.5 Å². The minimum absolute atomic E-state index is 0.294. The summed E-state index contributed by atoms with van der Waals surface area (Å²) in [6, 6.07) is 6.73. The van der Waals surface area contributed by atoms with E-state index in [0.29, 0.717) is 52.4 Å². The molecule has 0 bridgehead atoms. The highest BCUT2D eigenvalue weighted by molar-refractivity contribution is 5.99. The normalized spacial score (nSPS) is 15.6. The molecule has 6 rings (SSSR count). The quantitative estimate of drug-likeness (QED) is 0.406. The van der Waals surface area contributed by atoms with Crippen LogP contribution in [0.5, 0.6) is 0 Å². The molecule has 1 amide bonds. The number of carbonyl (C=O) groups excluding carboxylic acids is 1. The zero-order valence-electron chi connectivity index (χ0n) is 18.9. The smallest absolute Gasteiger partial charge is 0.250 e. The molecule has 9 nitrogen and oxygen atoms in total. The Morgan fingerprint density at radius 2 is 1.97 bits per heavy atom. The number of nitrogens with zero attached hydrogens (tertiary/aromatic N) is 7. The molecule has 180 valence electrons. The first-order valence-corrected chi connectivity index (χ1v) is 11.3. The van der Waals surface area contributed by atoms with Crippen molar-refractivity contribution in [2.24, 2.45) is 5.73 Å². The topological polar surface area (TPSA) is 107 Å². The van der Waals surface area contributed by atoms with Crippen LogP contribution in [-0.4, -0.2) is 41.8 Å². The van der Waals surface area contributed by atoms with Gasteiger partial charge < -0.3 is 10.6 Å². The van der Waals surface area contributed by atoms with E-state index in [2.05, 4.69) is 15.2 Å². The van der Waals surface area contributed by atoms with E-state index < -0.39 is 17.5 Å². The SMILES string of the molecule is NC(=O)c1cnccc1-c1cnn(-c2cnn3ccc(N4CCCC4c4cc(F)ccc4F)nc23)c1. The maximum absolute atomic E-state index is 14.5. The Labute approximate surface area is 203 Å². The summed E-state index contributed by atoms with van der Waals surface area (Å²) in [5.41, 5.74) is 8.57. The highest BCUT2D eigenvalue weighted by Crippen LogP contribution is 2.37. The first-order valence-electron chi connectivity index (χ1n) is 11.3. The van der Waals surface area contributed by atoms with Crippen molar-refractivity contribution >= 4 is 17.4 Å². The fourth-order valence-electron chi connectivity index (χ4n) is 4.74. The molecule has 0 spiro atoms. The number of benzene rings is 1. The number of nitrogens with two attached hydrogens (primary N) is 1. The minimum atomic E-state index is -0.581. The number of amides is 1. The van der Waals surface area contributed by atoms with Crippen LogP contribution in [0.3, 0.4) is 0 Å². The van der Waals surface area contributed by atoms with Gasteiger partial charge in [-0.25, -0.2) is 23.0 Å². The third kappa shape index (κ3) is 3.65. The largest absolute Gasteiger partial charge is 0.366 e. The van der Waals surface area contributed by atoms with E-state index in [1.54, 1.807) is 46.2 Å². The summed E-state index contributed by atoms with van der Waals surface area (Å²) in [6.07, 6.45) is 11.3. The lowest BCUT2D eigenvalue weighted by Crippen LogP contribution is -2.24. The number of primary amides is 1. The van der Waals surface area contributed by atoms with Gasteiger partial charge in [0.2, 0.25) is 0 Å². The van der Waals surface area contributed by atoms with Crippen LogP contribution >= 0.6 is 0 Å². The number of hydrogen-bond donors (Lipinski definition) is 1. The van der Waals surface area contributed by atoms with Crippen molar-refractivity contribution in [2.45, 2.75) is 18.9 Å². The maximum Gasteiger partial charge on any atom is 0.250 e. The van der Waals surface area contributed by atoms with Gasteiger partial charge in [-0.2, -0.15) is 10.2 Å². The van der Waals surface area contributed by atoms with E-state index in [4.69, 9.17) is 10.7 Å². The van der Waals surface area contributed by atoms with Crippen LogP contribution in [0.1, 0.15) is 34.8 Å². The Balaban J connectivity index is 1.38. The lowest BCUT2D eigenvalue weighted by atomic mass is 10.0. The Bertz CT molecular complexity index is 1610. The monoisotopic (exact) mass is 486 g/mol. The summed E-state index contributed by atoms with van der Waals surface area (Å²) >= 11 is 0. The molecule has 1 saturated heterocycles. The Hall–Kier alpha value is -4.67. The van der Waals surface area contributed by atoms with Gasteiger partial charge in [0.1, 0.15) is 23.1 Å². The highest BCUT2D eigenvalue weighted by Gasteiger charge is 2.30. The lowest BCUT2D eigenvalue weighted by molar-refractivity contribution is 0.100. The van der Waals surface area contributed by atoms with Gasteiger partial charge >= 0.3 is 0 Å². The van der Waals surface area contributed by atoms with Gasteiger partial charge in [0.15, 0.2) is 5.65 Å². The Morgan fingerprint density at radius 1 is 1.08 bits per heavy atom. The van der Waals surface area contributed by atoms with E-state index >= 15 is 0 Å². The molecule has 1 unspecified atom stereocenters. The van der Waals surface area contributed by atoms with Crippen molar-refractivity contribution in [3.05, 3.63) is 90.3 Å². The number of rotatable bonds is 5. The van der Waals surface area contributed by atoms with Gasteiger partial charge in [-0.1, -0.05) is 0 Å². The molecule has 1 aliphatic heterocycles.